The number of hydrogen-bond donors (Lipinski definition) is 3. The molecule has 0 saturated carbocycles. The molecule has 2 fully saturated rings. The van der Waals surface area contributed by atoms with Gasteiger partial charge in [0.05, 0.1) is 6.33 Å². The van der Waals surface area contributed by atoms with Crippen LogP contribution in [0.25, 0.3) is 0 Å². The predicted molar refractivity (Wildman–Crippen MR) is 104 cm³/mol. The van der Waals surface area contributed by atoms with E-state index in [0.29, 0.717) is 12.5 Å². The Bertz CT molecular complexity index is 485. The molecule has 2 aliphatic heterocycles. The van der Waals surface area contributed by atoms with Crippen LogP contribution >= 0.6 is 24.8 Å². The van der Waals surface area contributed by atoms with Gasteiger partial charge in [0.25, 0.3) is 0 Å². The number of carbonyl (C=O) groups is 1. The maximum atomic E-state index is 11.9. The van der Waals surface area contributed by atoms with Gasteiger partial charge in [0.2, 0.25) is 5.91 Å². The summed E-state index contributed by atoms with van der Waals surface area (Å²) in [6, 6.07) is 0.591. The lowest BCUT2D eigenvalue weighted by molar-refractivity contribution is -0.121. The summed E-state index contributed by atoms with van der Waals surface area (Å²) in [4.78, 5) is 15.9. The third-order valence-corrected chi connectivity index (χ3v) is 5.11. The molecular weight excluding hydrogens is 361 g/mol. The summed E-state index contributed by atoms with van der Waals surface area (Å²) >= 11 is 0. The van der Waals surface area contributed by atoms with Gasteiger partial charge in [0.1, 0.15) is 0 Å². The fourth-order valence-electron chi connectivity index (χ4n) is 3.83. The number of aromatic nitrogens is 2. The van der Waals surface area contributed by atoms with E-state index >= 15 is 0 Å². The molecule has 2 saturated heterocycles. The average Bonchev–Trinajstić information content (AvgIpc) is 3.07. The largest absolute Gasteiger partial charge is 0.356 e. The number of aryl methyl sites for hydroxylation is 1. The monoisotopic (exact) mass is 391 g/mol. The zero-order valence-electron chi connectivity index (χ0n) is 14.7. The summed E-state index contributed by atoms with van der Waals surface area (Å²) in [6.07, 6.45) is 10.6. The number of nitrogens with zero attached hydrogens (tertiary/aromatic N) is 2. The van der Waals surface area contributed by atoms with Crippen molar-refractivity contribution in [2.45, 2.75) is 44.7 Å². The van der Waals surface area contributed by atoms with Crippen LogP contribution < -0.4 is 16.0 Å². The molecule has 6 nitrogen and oxygen atoms in total. The quantitative estimate of drug-likeness (QED) is 0.588. The number of piperidine rings is 2. The third-order valence-electron chi connectivity index (χ3n) is 5.11. The zero-order valence-corrected chi connectivity index (χ0v) is 16.3. The smallest absolute Gasteiger partial charge is 0.219 e. The van der Waals surface area contributed by atoms with Crippen molar-refractivity contribution in [2.24, 2.45) is 11.8 Å². The van der Waals surface area contributed by atoms with E-state index in [2.05, 4.69) is 20.9 Å². The van der Waals surface area contributed by atoms with Crippen molar-refractivity contribution in [1.82, 2.24) is 25.5 Å². The van der Waals surface area contributed by atoms with Gasteiger partial charge in [0, 0.05) is 37.9 Å². The first kappa shape index (κ1) is 22.2. The highest BCUT2D eigenvalue weighted by Crippen LogP contribution is 2.26. The van der Waals surface area contributed by atoms with Crippen LogP contribution in [0.4, 0.5) is 0 Å². The minimum atomic E-state index is 0. The number of imidazole rings is 1. The molecule has 25 heavy (non-hydrogen) atoms. The van der Waals surface area contributed by atoms with Gasteiger partial charge in [-0.3, -0.25) is 4.79 Å². The molecule has 3 atom stereocenters. The van der Waals surface area contributed by atoms with Crippen molar-refractivity contribution in [3.8, 4) is 0 Å². The first-order valence-electron chi connectivity index (χ1n) is 8.98. The Hall–Kier alpha value is -0.820. The molecule has 0 spiro atoms. The minimum Gasteiger partial charge on any atom is -0.356 e. The fraction of sp³-hybridized carbons (Fsp3) is 0.765. The Morgan fingerprint density at radius 1 is 1.24 bits per heavy atom. The number of halogens is 2. The fourth-order valence-corrected chi connectivity index (χ4v) is 3.83. The van der Waals surface area contributed by atoms with Crippen LogP contribution in [0.2, 0.25) is 0 Å². The van der Waals surface area contributed by atoms with Crippen LogP contribution in [-0.4, -0.2) is 47.7 Å². The molecule has 0 unspecified atom stereocenters. The number of carbonyl (C=O) groups excluding carboxylic acids is 1. The summed E-state index contributed by atoms with van der Waals surface area (Å²) < 4.78 is 2.03. The normalized spacial score (nSPS) is 24.7. The van der Waals surface area contributed by atoms with Gasteiger partial charge < -0.3 is 20.5 Å². The predicted octanol–water partition coefficient (Wildman–Crippen LogP) is 1.60. The van der Waals surface area contributed by atoms with Gasteiger partial charge in [-0.1, -0.05) is 0 Å². The highest BCUT2D eigenvalue weighted by atomic mass is 35.5. The molecule has 3 heterocycles. The zero-order chi connectivity index (χ0) is 15.9. The Morgan fingerprint density at radius 2 is 2.12 bits per heavy atom. The second-order valence-corrected chi connectivity index (χ2v) is 6.93. The molecule has 2 bridgehead atoms. The number of fused-ring (bicyclic) bond motifs is 2. The van der Waals surface area contributed by atoms with Gasteiger partial charge >= 0.3 is 0 Å². The molecule has 0 aromatic carbocycles. The number of rotatable bonds is 8. The van der Waals surface area contributed by atoms with Crippen LogP contribution in [0.3, 0.4) is 0 Å². The van der Waals surface area contributed by atoms with Crippen molar-refractivity contribution >= 4 is 30.7 Å². The van der Waals surface area contributed by atoms with E-state index in [-0.39, 0.29) is 30.7 Å². The Labute approximate surface area is 162 Å². The standard InChI is InChI=1S/C17H29N5O.2ClH/c23-17(20-5-2-7-22-8-6-18-13-22)4-1-3-16-15-9-14(11-21-16)10-19-12-15;;/h6,8,13-16,19,21H,1-5,7,9-12H2,(H,20,23);2*1H/t14-,15+,16-;;/m0../s1. The second kappa shape index (κ2) is 11.7. The van der Waals surface area contributed by atoms with E-state index < -0.39 is 0 Å². The van der Waals surface area contributed by atoms with Gasteiger partial charge in [0.15, 0.2) is 0 Å². The van der Waals surface area contributed by atoms with Gasteiger partial charge in [-0.2, -0.15) is 0 Å². The number of nitrogens with one attached hydrogen (secondary N) is 3. The van der Waals surface area contributed by atoms with Crippen molar-refractivity contribution in [2.75, 3.05) is 26.2 Å². The second-order valence-electron chi connectivity index (χ2n) is 6.93. The molecule has 0 aliphatic carbocycles. The van der Waals surface area contributed by atoms with Gasteiger partial charge in [-0.05, 0) is 57.2 Å². The van der Waals surface area contributed by atoms with Crippen molar-refractivity contribution < 1.29 is 4.79 Å². The Balaban J connectivity index is 0.00000156. The number of amides is 1. The van der Waals surface area contributed by atoms with E-state index in [4.69, 9.17) is 0 Å². The lowest BCUT2D eigenvalue weighted by Gasteiger charge is -2.41. The highest BCUT2D eigenvalue weighted by Gasteiger charge is 2.32. The van der Waals surface area contributed by atoms with Crippen molar-refractivity contribution in [1.29, 1.82) is 0 Å². The molecular formula is C17H31Cl2N5O. The lowest BCUT2D eigenvalue weighted by atomic mass is 9.80. The molecule has 8 heteroatoms. The summed E-state index contributed by atoms with van der Waals surface area (Å²) in [5, 5.41) is 10.2. The number of hydrogen-bond acceptors (Lipinski definition) is 4. The van der Waals surface area contributed by atoms with Crippen LogP contribution in [0.5, 0.6) is 0 Å². The highest BCUT2D eigenvalue weighted by molar-refractivity contribution is 5.85. The van der Waals surface area contributed by atoms with Crippen LogP contribution in [0.1, 0.15) is 32.1 Å². The topological polar surface area (TPSA) is 71.0 Å². The SMILES string of the molecule is Cl.Cl.O=C(CCC[C@@H]1NC[C@@H]2CNC[C@H]1C2)NCCCn1ccnc1. The van der Waals surface area contributed by atoms with E-state index in [1.165, 1.54) is 6.42 Å². The van der Waals surface area contributed by atoms with E-state index in [1.54, 1.807) is 6.20 Å². The lowest BCUT2D eigenvalue weighted by Crippen LogP contribution is -2.54. The maximum absolute atomic E-state index is 11.9. The molecule has 3 rings (SSSR count). The van der Waals surface area contributed by atoms with Gasteiger partial charge in [-0.25, -0.2) is 4.98 Å². The minimum absolute atomic E-state index is 0. The molecule has 1 aromatic heterocycles. The van der Waals surface area contributed by atoms with Gasteiger partial charge in [-0.15, -0.1) is 24.8 Å². The Kier molecular flexibility index (Phi) is 10.4. The van der Waals surface area contributed by atoms with Crippen LogP contribution in [-0.2, 0) is 11.3 Å². The molecule has 2 aliphatic rings. The van der Waals surface area contributed by atoms with E-state index in [9.17, 15) is 4.79 Å². The first-order chi connectivity index (χ1) is 11.3. The first-order valence-corrected chi connectivity index (χ1v) is 8.98. The van der Waals surface area contributed by atoms with E-state index in [1.807, 2.05) is 17.1 Å². The van der Waals surface area contributed by atoms with Crippen molar-refractivity contribution in [3.05, 3.63) is 18.7 Å². The van der Waals surface area contributed by atoms with Crippen LogP contribution in [0.15, 0.2) is 18.7 Å². The Morgan fingerprint density at radius 3 is 2.92 bits per heavy atom. The molecule has 3 N–H and O–H groups in total. The summed E-state index contributed by atoms with van der Waals surface area (Å²) in [6.45, 7) is 5.08. The average molecular weight is 392 g/mol. The molecule has 1 aromatic rings. The molecule has 1 amide bonds. The summed E-state index contributed by atoms with van der Waals surface area (Å²) in [5.41, 5.74) is 0. The summed E-state index contributed by atoms with van der Waals surface area (Å²) in [5.74, 6) is 1.75. The third kappa shape index (κ3) is 7.13. The van der Waals surface area contributed by atoms with Crippen LogP contribution in [0, 0.1) is 11.8 Å². The van der Waals surface area contributed by atoms with Crippen molar-refractivity contribution in [3.63, 3.8) is 0 Å². The maximum Gasteiger partial charge on any atom is 0.219 e. The van der Waals surface area contributed by atoms with E-state index in [0.717, 1.165) is 63.8 Å². The summed E-state index contributed by atoms with van der Waals surface area (Å²) in [7, 11) is 0. The molecule has 0 radical (unpaired) electrons. The molecule has 144 valence electrons.